The van der Waals surface area contributed by atoms with E-state index in [0.717, 1.165) is 17.1 Å². The molecule has 0 amide bonds. The molecule has 1 nitrogen and oxygen atoms in total. The van der Waals surface area contributed by atoms with Gasteiger partial charge < -0.3 is 4.90 Å². The van der Waals surface area contributed by atoms with Crippen molar-refractivity contribution in [2.75, 3.05) is 4.90 Å². The van der Waals surface area contributed by atoms with Gasteiger partial charge in [0.05, 0.1) is 5.69 Å². The van der Waals surface area contributed by atoms with E-state index in [1.165, 1.54) is 99.4 Å². The zero-order valence-corrected chi connectivity index (χ0v) is 37.1. The molecular weight excluding hydrogens is 795 g/mol. The Morgan fingerprint density at radius 1 is 0.288 bits per heavy atom. The summed E-state index contributed by atoms with van der Waals surface area (Å²) < 4.78 is 0. The molecule has 0 N–H and O–H groups in total. The molecule has 0 heterocycles. The van der Waals surface area contributed by atoms with Crippen LogP contribution >= 0.6 is 0 Å². The van der Waals surface area contributed by atoms with Crippen molar-refractivity contribution < 1.29 is 0 Å². The van der Waals surface area contributed by atoms with Crippen molar-refractivity contribution in [3.05, 3.63) is 260 Å². The highest BCUT2D eigenvalue weighted by atomic mass is 15.1. The zero-order valence-electron chi connectivity index (χ0n) is 37.1. The normalized spacial score (nSPS) is 12.5. The first-order chi connectivity index (χ1) is 32.5. The van der Waals surface area contributed by atoms with E-state index in [1.54, 1.807) is 0 Å². The molecule has 0 fully saturated rings. The number of fused-ring (bicyclic) bond motifs is 6. The van der Waals surface area contributed by atoms with Crippen LogP contribution in [0.15, 0.2) is 249 Å². The summed E-state index contributed by atoms with van der Waals surface area (Å²) in [6.45, 7) is 4.69. The lowest BCUT2D eigenvalue weighted by atomic mass is 9.82. The minimum absolute atomic E-state index is 0.0309. The highest BCUT2D eigenvalue weighted by Crippen LogP contribution is 2.51. The first kappa shape index (κ1) is 39.3. The number of anilines is 3. The van der Waals surface area contributed by atoms with Crippen molar-refractivity contribution in [1.29, 1.82) is 0 Å². The largest absolute Gasteiger partial charge is 0.310 e. The Bertz CT molecular complexity index is 3580. The fourth-order valence-corrected chi connectivity index (χ4v) is 10.7. The lowest BCUT2D eigenvalue weighted by molar-refractivity contribution is 0.660. The number of nitrogens with zero attached hydrogens (tertiary/aromatic N) is 1. The van der Waals surface area contributed by atoms with Crippen LogP contribution in [-0.2, 0) is 5.41 Å². The Labute approximate surface area is 387 Å². The van der Waals surface area contributed by atoms with Gasteiger partial charge in [-0.05, 0) is 136 Å². The Morgan fingerprint density at radius 2 is 0.788 bits per heavy atom. The van der Waals surface area contributed by atoms with Crippen molar-refractivity contribution in [3.63, 3.8) is 0 Å². The van der Waals surface area contributed by atoms with Crippen molar-refractivity contribution >= 4 is 38.6 Å². The van der Waals surface area contributed by atoms with E-state index in [0.29, 0.717) is 0 Å². The molecule has 312 valence electrons. The highest BCUT2D eigenvalue weighted by Gasteiger charge is 2.35. The summed E-state index contributed by atoms with van der Waals surface area (Å²) in [5.41, 5.74) is 20.6. The third kappa shape index (κ3) is 6.63. The van der Waals surface area contributed by atoms with Gasteiger partial charge in [-0.1, -0.05) is 220 Å². The second-order valence-corrected chi connectivity index (χ2v) is 18.0. The lowest BCUT2D eigenvalue weighted by Gasteiger charge is -2.30. The standard InChI is InChI=1S/C65H47N/c1-65(2)61-30-16-15-27-57(61)60-42-48(36-41-62(60)65)44-32-37-50(38-33-44)66(51-39-34-47(35-40-51)59-43-49-22-9-10-24-53(49)55-25-12-13-26-56(55)59)63-31-17-29-54(46-20-7-4-8-21-46)64(63)58-28-14-11-23-52(58)45-18-5-3-6-19-45/h3-43H,1-2H3. The van der Waals surface area contributed by atoms with Gasteiger partial charge in [-0.15, -0.1) is 0 Å². The number of hydrogen-bond acceptors (Lipinski definition) is 1. The fraction of sp³-hybridized carbons (Fsp3) is 0.0462. The molecule has 0 aromatic heterocycles. The van der Waals surface area contributed by atoms with Gasteiger partial charge >= 0.3 is 0 Å². The average Bonchev–Trinajstić information content (AvgIpc) is 3.62. The van der Waals surface area contributed by atoms with Crippen LogP contribution < -0.4 is 4.90 Å². The van der Waals surface area contributed by atoms with E-state index < -0.39 is 0 Å². The van der Waals surface area contributed by atoms with Gasteiger partial charge in [0.1, 0.15) is 0 Å². The van der Waals surface area contributed by atoms with Crippen LogP contribution in [-0.4, -0.2) is 0 Å². The summed E-state index contributed by atoms with van der Waals surface area (Å²) in [4.78, 5) is 2.46. The Morgan fingerprint density at radius 3 is 1.50 bits per heavy atom. The molecule has 0 bridgehead atoms. The Kier molecular flexibility index (Phi) is 9.58. The molecule has 0 saturated heterocycles. The van der Waals surface area contributed by atoms with Crippen molar-refractivity contribution in [2.24, 2.45) is 0 Å². The molecule has 0 saturated carbocycles. The number of benzene rings is 11. The van der Waals surface area contributed by atoms with Gasteiger partial charge in [0, 0.05) is 22.4 Å². The minimum atomic E-state index is -0.0309. The molecular formula is C65H47N. The molecule has 0 radical (unpaired) electrons. The van der Waals surface area contributed by atoms with E-state index in [9.17, 15) is 0 Å². The third-order valence-corrected chi connectivity index (χ3v) is 13.9. The Balaban J connectivity index is 1.05. The van der Waals surface area contributed by atoms with Crippen molar-refractivity contribution in [1.82, 2.24) is 0 Å². The van der Waals surface area contributed by atoms with Crippen LogP contribution in [0.5, 0.6) is 0 Å². The van der Waals surface area contributed by atoms with Crippen LogP contribution in [0.3, 0.4) is 0 Å². The zero-order chi connectivity index (χ0) is 44.2. The molecule has 11 aromatic rings. The van der Waals surface area contributed by atoms with E-state index in [4.69, 9.17) is 0 Å². The van der Waals surface area contributed by atoms with Crippen LogP contribution in [0.2, 0.25) is 0 Å². The van der Waals surface area contributed by atoms with Crippen LogP contribution in [0, 0.1) is 0 Å². The summed E-state index contributed by atoms with van der Waals surface area (Å²) in [6, 6.07) is 91.5. The van der Waals surface area contributed by atoms with Crippen LogP contribution in [0.1, 0.15) is 25.0 Å². The molecule has 0 spiro atoms. The van der Waals surface area contributed by atoms with E-state index >= 15 is 0 Å². The Hall–Kier alpha value is -8.26. The second kappa shape index (κ2) is 16.1. The SMILES string of the molecule is CC1(C)c2ccccc2-c2cc(-c3ccc(N(c4ccc(-c5cc6ccccc6c6ccccc56)cc4)c4cccc(-c5ccccc5)c4-c4ccccc4-c4ccccc4)cc3)ccc21. The summed E-state index contributed by atoms with van der Waals surface area (Å²) in [5.74, 6) is 0. The van der Waals surface area contributed by atoms with Gasteiger partial charge in [-0.3, -0.25) is 0 Å². The van der Waals surface area contributed by atoms with Gasteiger partial charge in [-0.2, -0.15) is 0 Å². The fourth-order valence-electron chi connectivity index (χ4n) is 10.7. The average molecular weight is 842 g/mol. The molecule has 0 aliphatic heterocycles. The molecule has 66 heavy (non-hydrogen) atoms. The first-order valence-electron chi connectivity index (χ1n) is 23.0. The number of hydrogen-bond donors (Lipinski definition) is 0. The smallest absolute Gasteiger partial charge is 0.0546 e. The van der Waals surface area contributed by atoms with Crippen LogP contribution in [0.25, 0.3) is 88.3 Å². The number of rotatable bonds is 8. The molecule has 11 aromatic carbocycles. The summed E-state index contributed by atoms with van der Waals surface area (Å²) in [7, 11) is 0. The first-order valence-corrected chi connectivity index (χ1v) is 23.0. The third-order valence-electron chi connectivity index (χ3n) is 13.9. The second-order valence-electron chi connectivity index (χ2n) is 18.0. The van der Waals surface area contributed by atoms with E-state index in [-0.39, 0.29) is 5.41 Å². The van der Waals surface area contributed by atoms with Gasteiger partial charge in [0.15, 0.2) is 0 Å². The quantitative estimate of drug-likeness (QED) is 0.138. The predicted octanol–water partition coefficient (Wildman–Crippen LogP) is 18.1. The van der Waals surface area contributed by atoms with Gasteiger partial charge in [-0.25, -0.2) is 0 Å². The molecule has 0 atom stereocenters. The molecule has 12 rings (SSSR count). The topological polar surface area (TPSA) is 3.24 Å². The maximum absolute atomic E-state index is 2.46. The maximum Gasteiger partial charge on any atom is 0.0546 e. The molecule has 1 aliphatic carbocycles. The van der Waals surface area contributed by atoms with Crippen LogP contribution in [0.4, 0.5) is 17.1 Å². The molecule has 1 heteroatoms. The minimum Gasteiger partial charge on any atom is -0.310 e. The highest BCUT2D eigenvalue weighted by molar-refractivity contribution is 6.14. The summed E-state index contributed by atoms with van der Waals surface area (Å²) in [6.07, 6.45) is 0. The van der Waals surface area contributed by atoms with E-state index in [2.05, 4.69) is 267 Å². The van der Waals surface area contributed by atoms with Gasteiger partial charge in [0.2, 0.25) is 0 Å². The summed E-state index contributed by atoms with van der Waals surface area (Å²) in [5, 5.41) is 5.04. The predicted molar refractivity (Wildman–Crippen MR) is 281 cm³/mol. The van der Waals surface area contributed by atoms with E-state index in [1.807, 2.05) is 0 Å². The lowest BCUT2D eigenvalue weighted by Crippen LogP contribution is -2.14. The monoisotopic (exact) mass is 841 g/mol. The van der Waals surface area contributed by atoms with Gasteiger partial charge in [0.25, 0.3) is 0 Å². The molecule has 1 aliphatic rings. The molecule has 0 unspecified atom stereocenters. The summed E-state index contributed by atoms with van der Waals surface area (Å²) >= 11 is 0. The van der Waals surface area contributed by atoms with Crippen molar-refractivity contribution in [2.45, 2.75) is 19.3 Å². The maximum atomic E-state index is 2.46. The van der Waals surface area contributed by atoms with Crippen molar-refractivity contribution in [3.8, 4) is 66.8 Å².